The zero-order valence-electron chi connectivity index (χ0n) is 11.8. The average Bonchev–Trinajstić information content (AvgIpc) is 2.36. The van der Waals surface area contributed by atoms with Crippen molar-refractivity contribution in [2.75, 3.05) is 33.4 Å². The van der Waals surface area contributed by atoms with Gasteiger partial charge in [-0.05, 0) is 6.92 Å². The van der Waals surface area contributed by atoms with Gasteiger partial charge >= 0.3 is 6.09 Å². The Morgan fingerprint density at radius 1 is 1.42 bits per heavy atom. The molecule has 6 nitrogen and oxygen atoms in total. The lowest BCUT2D eigenvalue weighted by Gasteiger charge is -2.27. The van der Waals surface area contributed by atoms with Crippen LogP contribution in [-0.2, 0) is 9.57 Å². The lowest BCUT2D eigenvalue weighted by atomic mass is 10.5. The number of hydrogen-bond donors (Lipinski definition) is 0. The van der Waals surface area contributed by atoms with E-state index in [0.29, 0.717) is 18.5 Å². The van der Waals surface area contributed by atoms with Gasteiger partial charge in [-0.3, -0.25) is 4.84 Å². The van der Waals surface area contributed by atoms with Crippen LogP contribution in [0, 0.1) is 0 Å². The van der Waals surface area contributed by atoms with Crippen LogP contribution in [0.4, 0.5) is 4.79 Å². The quantitative estimate of drug-likeness (QED) is 0.261. The second kappa shape index (κ2) is 8.68. The molecule has 1 saturated heterocycles. The van der Waals surface area contributed by atoms with Gasteiger partial charge in [0.05, 0.1) is 13.2 Å². The first-order valence-corrected chi connectivity index (χ1v) is 7.76. The summed E-state index contributed by atoms with van der Waals surface area (Å²) in [7, 11) is 1.67. The minimum absolute atomic E-state index is 0.419. The van der Waals surface area contributed by atoms with Gasteiger partial charge in [0.25, 0.3) is 0 Å². The second-order valence-electron chi connectivity index (χ2n) is 4.25. The highest BCUT2D eigenvalue weighted by Gasteiger charge is 2.18. The molecule has 0 aromatic rings. The highest BCUT2D eigenvalue weighted by Crippen LogP contribution is 2.17. The highest BCUT2D eigenvalue weighted by atomic mass is 32.2. The number of amides is 1. The summed E-state index contributed by atoms with van der Waals surface area (Å²) in [5.41, 5.74) is 0. The number of carbonyl (C=O) groups excluding carboxylic acids is 1. The standard InChI is InChI=1S/C11H21N3O3S2/c1-9(2)18-10(3)12-17-11(15)13(4)19-14-5-7-16-8-6-14/h9H,5-8H2,1-4H3/b12-10+. The van der Waals surface area contributed by atoms with E-state index in [1.165, 1.54) is 16.4 Å². The summed E-state index contributed by atoms with van der Waals surface area (Å²) in [6.07, 6.45) is -0.472. The molecule has 1 aliphatic rings. The van der Waals surface area contributed by atoms with Gasteiger partial charge in [0, 0.05) is 37.5 Å². The zero-order chi connectivity index (χ0) is 14.3. The molecule has 0 aromatic carbocycles. The summed E-state index contributed by atoms with van der Waals surface area (Å²) in [6, 6.07) is 0. The van der Waals surface area contributed by atoms with Crippen LogP contribution < -0.4 is 0 Å². The van der Waals surface area contributed by atoms with Gasteiger partial charge in [0.2, 0.25) is 0 Å². The van der Waals surface area contributed by atoms with Crippen LogP contribution in [0.15, 0.2) is 5.16 Å². The van der Waals surface area contributed by atoms with Gasteiger partial charge in [-0.25, -0.2) is 13.4 Å². The van der Waals surface area contributed by atoms with Gasteiger partial charge in [-0.1, -0.05) is 19.0 Å². The maximum atomic E-state index is 11.7. The molecule has 0 radical (unpaired) electrons. The molecule has 1 amide bonds. The summed E-state index contributed by atoms with van der Waals surface area (Å²) >= 11 is 2.89. The summed E-state index contributed by atoms with van der Waals surface area (Å²) in [5, 5.41) is 4.97. The van der Waals surface area contributed by atoms with Crippen LogP contribution in [0.1, 0.15) is 20.8 Å². The van der Waals surface area contributed by atoms with E-state index < -0.39 is 6.09 Å². The third-order valence-electron chi connectivity index (χ3n) is 2.12. The average molecular weight is 307 g/mol. The fraction of sp³-hybridized carbons (Fsp3) is 0.818. The zero-order valence-corrected chi connectivity index (χ0v) is 13.4. The summed E-state index contributed by atoms with van der Waals surface area (Å²) < 4.78 is 8.74. The van der Waals surface area contributed by atoms with Crippen molar-refractivity contribution in [3.05, 3.63) is 0 Å². The van der Waals surface area contributed by atoms with Crippen molar-refractivity contribution in [3.8, 4) is 0 Å². The molecule has 0 atom stereocenters. The number of oxime groups is 1. The predicted octanol–water partition coefficient (Wildman–Crippen LogP) is 2.43. The molecule has 1 aliphatic heterocycles. The molecule has 0 spiro atoms. The van der Waals surface area contributed by atoms with Crippen LogP contribution >= 0.6 is 23.9 Å². The lowest BCUT2D eigenvalue weighted by molar-refractivity contribution is 0.0753. The van der Waals surface area contributed by atoms with E-state index in [4.69, 9.17) is 9.57 Å². The molecule has 1 heterocycles. The molecule has 0 unspecified atom stereocenters. The SMILES string of the molecule is C/C(=N\OC(=O)N(C)SN1CCOCC1)SC(C)C. The smallest absolute Gasteiger partial charge is 0.379 e. The van der Waals surface area contributed by atoms with Gasteiger partial charge in [-0.2, -0.15) is 0 Å². The molecule has 8 heteroatoms. The van der Waals surface area contributed by atoms with Crippen LogP contribution in [0.2, 0.25) is 0 Å². The van der Waals surface area contributed by atoms with Crippen molar-refractivity contribution in [1.82, 2.24) is 8.61 Å². The van der Waals surface area contributed by atoms with Gasteiger partial charge < -0.3 is 4.74 Å². The fourth-order valence-electron chi connectivity index (χ4n) is 1.36. The lowest BCUT2D eigenvalue weighted by Crippen LogP contribution is -2.35. The summed E-state index contributed by atoms with van der Waals surface area (Å²) in [6.45, 7) is 8.93. The molecule has 19 heavy (non-hydrogen) atoms. The number of rotatable bonds is 4. The molecular weight excluding hydrogens is 286 g/mol. The first-order valence-electron chi connectivity index (χ1n) is 6.15. The van der Waals surface area contributed by atoms with Crippen molar-refractivity contribution in [2.24, 2.45) is 5.16 Å². The van der Waals surface area contributed by atoms with E-state index in [2.05, 4.69) is 23.3 Å². The van der Waals surface area contributed by atoms with E-state index in [1.54, 1.807) is 18.8 Å². The molecular formula is C11H21N3O3S2. The highest BCUT2D eigenvalue weighted by molar-refractivity contribution is 8.14. The molecule has 110 valence electrons. The Labute approximate surface area is 123 Å². The molecule has 1 rings (SSSR count). The minimum Gasteiger partial charge on any atom is -0.379 e. The van der Waals surface area contributed by atoms with E-state index in [0.717, 1.165) is 18.1 Å². The summed E-state index contributed by atoms with van der Waals surface area (Å²) in [4.78, 5) is 16.6. The second-order valence-corrected chi connectivity index (χ2v) is 7.25. The Hall–Kier alpha value is -0.440. The maximum Gasteiger partial charge on any atom is 0.446 e. The van der Waals surface area contributed by atoms with E-state index in [1.807, 2.05) is 6.92 Å². The number of ether oxygens (including phenoxy) is 1. The van der Waals surface area contributed by atoms with Gasteiger partial charge in [0.15, 0.2) is 0 Å². The predicted molar refractivity (Wildman–Crippen MR) is 80.1 cm³/mol. The molecule has 0 aromatic heterocycles. The van der Waals surface area contributed by atoms with Gasteiger partial charge in [0.1, 0.15) is 5.04 Å². The number of thioether (sulfide) groups is 1. The Morgan fingerprint density at radius 3 is 2.63 bits per heavy atom. The van der Waals surface area contributed by atoms with Crippen LogP contribution in [0.25, 0.3) is 0 Å². The van der Waals surface area contributed by atoms with Gasteiger partial charge in [-0.15, -0.1) is 11.8 Å². The molecule has 0 saturated carbocycles. The molecule has 0 N–H and O–H groups in total. The molecule has 1 fully saturated rings. The minimum atomic E-state index is -0.472. The van der Waals surface area contributed by atoms with Crippen LogP contribution in [-0.4, -0.2) is 58.3 Å². The molecule has 0 aliphatic carbocycles. The Morgan fingerprint density at radius 2 is 2.05 bits per heavy atom. The Kier molecular flexibility index (Phi) is 7.59. The normalized spacial score (nSPS) is 17.6. The van der Waals surface area contributed by atoms with E-state index in [-0.39, 0.29) is 0 Å². The van der Waals surface area contributed by atoms with E-state index >= 15 is 0 Å². The van der Waals surface area contributed by atoms with Crippen molar-refractivity contribution in [2.45, 2.75) is 26.0 Å². The van der Waals surface area contributed by atoms with Crippen LogP contribution in [0.5, 0.6) is 0 Å². The third-order valence-corrected chi connectivity index (χ3v) is 4.00. The number of nitrogens with zero attached hydrogens (tertiary/aromatic N) is 3. The number of carbonyl (C=O) groups is 1. The largest absolute Gasteiger partial charge is 0.446 e. The Bertz CT molecular complexity index is 320. The van der Waals surface area contributed by atoms with Crippen LogP contribution in [0.3, 0.4) is 0 Å². The van der Waals surface area contributed by atoms with Crippen molar-refractivity contribution in [3.63, 3.8) is 0 Å². The van der Waals surface area contributed by atoms with Crippen molar-refractivity contribution >= 4 is 35.0 Å². The first-order chi connectivity index (χ1) is 8.99. The topological polar surface area (TPSA) is 54.4 Å². The maximum absolute atomic E-state index is 11.7. The fourth-order valence-corrected chi connectivity index (χ4v) is 2.88. The van der Waals surface area contributed by atoms with Crippen molar-refractivity contribution in [1.29, 1.82) is 0 Å². The number of morpholine rings is 1. The van der Waals surface area contributed by atoms with Crippen molar-refractivity contribution < 1.29 is 14.4 Å². The third kappa shape index (κ3) is 7.05. The summed E-state index contributed by atoms with van der Waals surface area (Å²) in [5.74, 6) is 0. The Balaban J connectivity index is 2.31. The first kappa shape index (κ1) is 16.6. The molecule has 0 bridgehead atoms. The monoisotopic (exact) mass is 307 g/mol. The number of hydrogen-bond acceptors (Lipinski definition) is 7. The van der Waals surface area contributed by atoms with E-state index in [9.17, 15) is 4.79 Å².